The first kappa shape index (κ1) is 49.4. The van der Waals surface area contributed by atoms with Crippen LogP contribution in [-0.4, -0.2) is 63.7 Å². The van der Waals surface area contributed by atoms with Crippen LogP contribution in [0.5, 0.6) is 11.5 Å². The van der Waals surface area contributed by atoms with E-state index < -0.39 is 0 Å². The molecule has 0 radical (unpaired) electrons. The third-order valence-corrected chi connectivity index (χ3v) is 21.5. The summed E-state index contributed by atoms with van der Waals surface area (Å²) in [6.45, 7) is 17.2. The summed E-state index contributed by atoms with van der Waals surface area (Å²) in [5.41, 5.74) is 9.35. The lowest BCUT2D eigenvalue weighted by molar-refractivity contribution is -0.00635. The highest BCUT2D eigenvalue weighted by molar-refractivity contribution is 5.91. The number of rotatable bonds is 12. The summed E-state index contributed by atoms with van der Waals surface area (Å²) in [5, 5.41) is 25.0. The van der Waals surface area contributed by atoms with Crippen molar-refractivity contribution in [2.45, 2.75) is 242 Å². The molecule has 11 fully saturated rings. The quantitative estimate of drug-likeness (QED) is 0.177. The van der Waals surface area contributed by atoms with Gasteiger partial charge in [-0.2, -0.15) is 0 Å². The molecule has 11 aliphatic carbocycles. The first-order valence-electron chi connectivity index (χ1n) is 29.9. The minimum absolute atomic E-state index is 0.0582. The van der Waals surface area contributed by atoms with Crippen molar-refractivity contribution < 1.29 is 10.2 Å². The zero-order chi connectivity index (χ0) is 49.9. The molecule has 6 heteroatoms. The number of hydrogen-bond acceptors (Lipinski definition) is 6. The van der Waals surface area contributed by atoms with Crippen molar-refractivity contribution in [1.29, 1.82) is 0 Å². The van der Waals surface area contributed by atoms with Crippen LogP contribution in [-0.2, 0) is 28.2 Å². The highest BCUT2D eigenvalue weighted by Crippen LogP contribution is 2.64. The number of phenolic OH excluding ortho intramolecular Hbond substituents is 2. The van der Waals surface area contributed by atoms with E-state index in [2.05, 4.69) is 108 Å². The van der Waals surface area contributed by atoms with E-state index in [4.69, 9.17) is 9.98 Å². The lowest BCUT2D eigenvalue weighted by Crippen LogP contribution is -2.48. The second-order valence-electron chi connectivity index (χ2n) is 28.9. The summed E-state index contributed by atoms with van der Waals surface area (Å²) >= 11 is 0. The molecule has 6 nitrogen and oxygen atoms in total. The third-order valence-electron chi connectivity index (χ3n) is 21.5. The van der Waals surface area contributed by atoms with E-state index in [1.165, 1.54) is 169 Å². The maximum absolute atomic E-state index is 12.5. The summed E-state index contributed by atoms with van der Waals surface area (Å²) in [6, 6.07) is 18.6. The lowest BCUT2D eigenvalue weighted by Gasteiger charge is -2.57. The van der Waals surface area contributed by atoms with Gasteiger partial charge in [-0.05, 0) is 214 Å². The Morgan fingerprint density at radius 1 is 0.542 bits per heavy atom. The Labute approximate surface area is 435 Å². The lowest BCUT2D eigenvalue weighted by atomic mass is 9.47. The molecule has 14 rings (SSSR count). The average molecular weight is 973 g/mol. The molecule has 0 saturated heterocycles. The number of phenols is 2. The first-order valence-corrected chi connectivity index (χ1v) is 29.9. The van der Waals surface area contributed by atoms with Gasteiger partial charge in [0.25, 0.3) is 0 Å². The largest absolute Gasteiger partial charge is 0.507 e. The Morgan fingerprint density at radius 3 is 1.35 bits per heavy atom. The predicted molar refractivity (Wildman–Crippen MR) is 298 cm³/mol. The molecule has 2 N–H and O–H groups in total. The van der Waals surface area contributed by atoms with Crippen LogP contribution in [0.25, 0.3) is 0 Å². The zero-order valence-corrected chi connectivity index (χ0v) is 46.0. The molecule has 0 spiro atoms. The van der Waals surface area contributed by atoms with Crippen molar-refractivity contribution in [3.05, 3.63) is 81.4 Å². The molecular formula is C66H92N4O2. The van der Waals surface area contributed by atoms with E-state index in [1.54, 1.807) is 0 Å². The molecule has 3 aromatic carbocycles. The molecule has 0 heterocycles. The topological polar surface area (TPSA) is 71.7 Å². The van der Waals surface area contributed by atoms with Crippen molar-refractivity contribution in [3.63, 3.8) is 0 Å². The molecule has 72 heavy (non-hydrogen) atoms. The fourth-order valence-corrected chi connectivity index (χ4v) is 18.7. The van der Waals surface area contributed by atoms with Gasteiger partial charge < -0.3 is 10.2 Å². The van der Waals surface area contributed by atoms with Gasteiger partial charge in [-0.1, -0.05) is 105 Å². The molecule has 0 aromatic heterocycles. The molecule has 11 aliphatic rings. The third kappa shape index (κ3) is 9.27. The first-order chi connectivity index (χ1) is 34.4. The highest BCUT2D eigenvalue weighted by atomic mass is 16.3. The Balaban J connectivity index is 0.903. The van der Waals surface area contributed by atoms with Crippen LogP contribution in [0.1, 0.15) is 229 Å². The van der Waals surface area contributed by atoms with Gasteiger partial charge in [0.15, 0.2) is 0 Å². The summed E-state index contributed by atoms with van der Waals surface area (Å²) < 4.78 is 0. The SMILES string of the molecule is CC1C(N(C)Cc2ccc(N=Cc3cc(C(C)(C)C)cc(C45CC6CC(CC(C6)C4)C5)c3O)c(N=Cc3cc(C(C)(C)C)cc(C45CC6CC(CC(C6)C4)C5)c3O)c2)C1N(C1CCCCC1)C1CCCCC1. The van der Waals surface area contributed by atoms with Crippen molar-refractivity contribution in [2.75, 3.05) is 7.05 Å². The van der Waals surface area contributed by atoms with Gasteiger partial charge in [-0.15, -0.1) is 0 Å². The Kier molecular flexibility index (Phi) is 12.8. The predicted octanol–water partition coefficient (Wildman–Crippen LogP) is 15.9. The van der Waals surface area contributed by atoms with Gasteiger partial charge in [0, 0.05) is 65.4 Å². The summed E-state index contributed by atoms with van der Waals surface area (Å²) in [7, 11) is 2.37. The Morgan fingerprint density at radius 2 is 0.944 bits per heavy atom. The second kappa shape index (κ2) is 18.7. The van der Waals surface area contributed by atoms with Crippen molar-refractivity contribution in [1.82, 2.24) is 9.80 Å². The molecule has 388 valence electrons. The van der Waals surface area contributed by atoms with Gasteiger partial charge >= 0.3 is 0 Å². The number of benzene rings is 3. The van der Waals surface area contributed by atoms with Crippen molar-refractivity contribution in [3.8, 4) is 11.5 Å². The number of likely N-dealkylation sites (N-methyl/N-ethyl adjacent to an activating group) is 1. The maximum atomic E-state index is 12.5. The van der Waals surface area contributed by atoms with E-state index in [-0.39, 0.29) is 21.7 Å². The molecular weight excluding hydrogens is 881 g/mol. The number of nitrogens with zero attached hydrogens (tertiary/aromatic N) is 4. The minimum atomic E-state index is -0.0761. The molecule has 0 amide bonds. The van der Waals surface area contributed by atoms with Crippen LogP contribution in [0.4, 0.5) is 11.4 Å². The van der Waals surface area contributed by atoms with Crippen LogP contribution in [0, 0.1) is 41.4 Å². The molecule has 3 unspecified atom stereocenters. The van der Waals surface area contributed by atoms with E-state index in [9.17, 15) is 10.2 Å². The van der Waals surface area contributed by atoms with Gasteiger partial charge in [-0.3, -0.25) is 19.8 Å². The normalized spacial score (nSPS) is 34.7. The van der Waals surface area contributed by atoms with E-state index >= 15 is 0 Å². The summed E-state index contributed by atoms with van der Waals surface area (Å²) in [4.78, 5) is 16.5. The monoisotopic (exact) mass is 973 g/mol. The summed E-state index contributed by atoms with van der Waals surface area (Å²) in [5.74, 6) is 6.25. The molecule has 11 saturated carbocycles. The van der Waals surface area contributed by atoms with Crippen LogP contribution in [0.3, 0.4) is 0 Å². The molecule has 0 aliphatic heterocycles. The number of aliphatic imine (C=N–C) groups is 2. The second-order valence-corrected chi connectivity index (χ2v) is 28.9. The standard InChI is InChI=1S/C66H92N4O2/c1-41-59(60(41)70(53-15-11-9-12-16-53)54-17-13-10-14-18-54)69(8)40-42-19-20-57(67-38-49-28-51(63(2,3)4)30-55(61(49)71)65-32-43-21-44(33-65)23-45(22-43)34-65)58(27-42)68-39-50-29-52(64(5,6)7)31-56(62(50)72)66-35-46-24-47(36-66)26-48(25-46)37-66/h19-20,27-31,38-39,41,43-48,53-54,59-60,71-72H,9-18,21-26,32-37,40H2,1-8H3. The van der Waals surface area contributed by atoms with E-state index in [1.807, 2.05) is 12.4 Å². The fourth-order valence-electron chi connectivity index (χ4n) is 18.7. The zero-order valence-electron chi connectivity index (χ0n) is 46.0. The fraction of sp³-hybridized carbons (Fsp3) is 0.697. The van der Waals surface area contributed by atoms with Crippen LogP contribution >= 0.6 is 0 Å². The van der Waals surface area contributed by atoms with Gasteiger partial charge in [0.1, 0.15) is 11.5 Å². The van der Waals surface area contributed by atoms with E-state index in [0.29, 0.717) is 29.5 Å². The van der Waals surface area contributed by atoms with Gasteiger partial charge in [0.2, 0.25) is 0 Å². The van der Waals surface area contributed by atoms with Crippen LogP contribution in [0.2, 0.25) is 0 Å². The maximum Gasteiger partial charge on any atom is 0.128 e. The molecule has 3 atom stereocenters. The van der Waals surface area contributed by atoms with Gasteiger partial charge in [0.05, 0.1) is 11.4 Å². The van der Waals surface area contributed by atoms with Crippen LogP contribution < -0.4 is 0 Å². The summed E-state index contributed by atoms with van der Waals surface area (Å²) in [6.07, 6.45) is 33.3. The number of aromatic hydroxyl groups is 2. The van der Waals surface area contributed by atoms with E-state index in [0.717, 1.165) is 76.6 Å². The average Bonchev–Trinajstić information content (AvgIpc) is 3.99. The molecule has 8 bridgehead atoms. The van der Waals surface area contributed by atoms with Crippen LogP contribution in [0.15, 0.2) is 52.4 Å². The van der Waals surface area contributed by atoms with Gasteiger partial charge in [-0.25, -0.2) is 0 Å². The molecule has 3 aromatic rings. The smallest absolute Gasteiger partial charge is 0.128 e. The Hall–Kier alpha value is -3.48. The van der Waals surface area contributed by atoms with Crippen molar-refractivity contribution in [2.24, 2.45) is 51.4 Å². The van der Waals surface area contributed by atoms with Crippen molar-refractivity contribution >= 4 is 23.8 Å². The Bertz CT molecular complexity index is 2470. The number of hydrogen-bond donors (Lipinski definition) is 2. The minimum Gasteiger partial charge on any atom is -0.507 e. The highest BCUT2D eigenvalue weighted by Gasteiger charge is 2.56.